The molecule has 1 aromatic rings. The van der Waals surface area contributed by atoms with Crippen LogP contribution in [0.25, 0.3) is 0 Å². The van der Waals surface area contributed by atoms with Crippen molar-refractivity contribution >= 4 is 17.9 Å². The van der Waals surface area contributed by atoms with E-state index < -0.39 is 36.2 Å². The molecular weight excluding hydrogens is 300 g/mol. The van der Waals surface area contributed by atoms with Crippen molar-refractivity contribution < 1.29 is 39.9 Å². The van der Waals surface area contributed by atoms with E-state index in [-0.39, 0.29) is 6.42 Å². The van der Waals surface area contributed by atoms with Gasteiger partial charge in [-0.15, -0.1) is 0 Å². The number of pyridine rings is 1. The fraction of sp³-hybridized carbons (Fsp3) is 0.333. The molecule has 1 aromatic heterocycles. The molecule has 0 bridgehead atoms. The molecule has 2 unspecified atom stereocenters. The second-order valence-corrected chi connectivity index (χ2v) is 4.06. The maximum absolute atomic E-state index is 10.3. The number of nitrogens with zero attached hydrogens (tertiary/aromatic N) is 1. The highest BCUT2D eigenvalue weighted by Gasteiger charge is 2.29. The lowest BCUT2D eigenvalue weighted by molar-refractivity contribution is -0.165. The fourth-order valence-corrected chi connectivity index (χ4v) is 1.17. The molecule has 10 nitrogen and oxygen atoms in total. The van der Waals surface area contributed by atoms with E-state index >= 15 is 0 Å². The molecule has 0 aromatic carbocycles. The number of aromatic nitrogens is 1. The van der Waals surface area contributed by atoms with Gasteiger partial charge < -0.3 is 31.3 Å². The van der Waals surface area contributed by atoms with Crippen LogP contribution in [-0.2, 0) is 14.4 Å². The molecule has 10 heteroatoms. The molecule has 1 heterocycles. The van der Waals surface area contributed by atoms with E-state index in [0.29, 0.717) is 0 Å². The van der Waals surface area contributed by atoms with Crippen LogP contribution >= 0.6 is 0 Å². The summed E-state index contributed by atoms with van der Waals surface area (Å²) >= 11 is 0. The lowest BCUT2D eigenvalue weighted by Crippen LogP contribution is -2.39. The quantitative estimate of drug-likeness (QED) is 0.357. The first kappa shape index (κ1) is 19.4. The van der Waals surface area contributed by atoms with Crippen molar-refractivity contribution in [2.75, 3.05) is 0 Å². The van der Waals surface area contributed by atoms with Gasteiger partial charge in [0.15, 0.2) is 12.2 Å². The minimum Gasteiger partial charge on any atom is -0.481 e. The molecule has 3 atom stereocenters. The van der Waals surface area contributed by atoms with Crippen LogP contribution in [0.3, 0.4) is 0 Å². The maximum atomic E-state index is 10.3. The van der Waals surface area contributed by atoms with Crippen molar-refractivity contribution in [1.29, 1.82) is 0 Å². The van der Waals surface area contributed by atoms with Crippen LogP contribution in [0.1, 0.15) is 18.0 Å². The van der Waals surface area contributed by atoms with Crippen LogP contribution in [0, 0.1) is 0 Å². The molecule has 0 amide bonds. The third-order valence-corrected chi connectivity index (χ3v) is 2.31. The zero-order valence-electron chi connectivity index (χ0n) is 11.2. The number of carboxylic acid groups (broad SMARTS) is 3. The van der Waals surface area contributed by atoms with Crippen molar-refractivity contribution in [3.8, 4) is 0 Å². The summed E-state index contributed by atoms with van der Waals surface area (Å²) in [6.07, 6.45) is -1.40. The molecule has 0 saturated heterocycles. The maximum Gasteiger partial charge on any atom is 0.335 e. The van der Waals surface area contributed by atoms with Gasteiger partial charge in [0.25, 0.3) is 0 Å². The minimum absolute atomic E-state index is 0.0638. The molecule has 0 saturated carbocycles. The van der Waals surface area contributed by atoms with Gasteiger partial charge in [-0.25, -0.2) is 9.59 Å². The molecule has 122 valence electrons. The van der Waals surface area contributed by atoms with Crippen LogP contribution in [0.5, 0.6) is 0 Å². The summed E-state index contributed by atoms with van der Waals surface area (Å²) in [5.41, 5.74) is 6.33. The zero-order chi connectivity index (χ0) is 17.3. The minimum atomic E-state index is -2.27. The van der Waals surface area contributed by atoms with Crippen LogP contribution in [0.2, 0.25) is 0 Å². The fourth-order valence-electron chi connectivity index (χ4n) is 1.17. The average Bonchev–Trinajstić information content (AvgIpc) is 2.46. The van der Waals surface area contributed by atoms with Crippen molar-refractivity contribution in [3.63, 3.8) is 0 Å². The van der Waals surface area contributed by atoms with Gasteiger partial charge >= 0.3 is 17.9 Å². The van der Waals surface area contributed by atoms with Gasteiger partial charge in [0.2, 0.25) is 0 Å². The highest BCUT2D eigenvalue weighted by Crippen LogP contribution is 2.11. The van der Waals surface area contributed by atoms with E-state index in [1.165, 1.54) is 0 Å². The number of carbonyl (C=O) groups is 3. The third kappa shape index (κ3) is 7.28. The summed E-state index contributed by atoms with van der Waals surface area (Å²) in [5, 5.41) is 41.0. The van der Waals surface area contributed by atoms with E-state index in [4.69, 9.17) is 31.3 Å². The normalized spacial score (nSPS) is 14.0. The Labute approximate surface area is 124 Å². The summed E-state index contributed by atoms with van der Waals surface area (Å²) in [6, 6.07) is 3.04. The predicted molar refractivity (Wildman–Crippen MR) is 70.7 cm³/mol. The first-order valence-electron chi connectivity index (χ1n) is 5.85. The summed E-state index contributed by atoms with van der Waals surface area (Å²) in [6.45, 7) is 0. The lowest BCUT2D eigenvalue weighted by atomic mass is 10.1. The Kier molecular flexibility index (Phi) is 8.30. The van der Waals surface area contributed by atoms with Crippen molar-refractivity contribution in [1.82, 2.24) is 4.98 Å². The number of hydrogen-bond donors (Lipinski definition) is 6. The number of carboxylic acids is 3. The van der Waals surface area contributed by atoms with E-state index in [9.17, 15) is 14.4 Å². The Morgan fingerprint density at radius 1 is 1.09 bits per heavy atom. The Bertz CT molecular complexity index is 489. The Morgan fingerprint density at radius 2 is 1.59 bits per heavy atom. The Hall–Kier alpha value is -2.56. The standard InChI is InChI=1S/C8H10N2O2.C4H6O6/c9-7(4-8(11)12)6-2-1-3-10-5-6;5-1(3(7)8)2(6)4(9)10/h1-3,5,7H,4,9H2,(H,11,12);1-2,5-6H,(H,7,8)(H,9,10)/t7-;/m0./s1. The van der Waals surface area contributed by atoms with E-state index in [1.807, 2.05) is 0 Å². The topological polar surface area (TPSA) is 191 Å². The van der Waals surface area contributed by atoms with Gasteiger partial charge in [-0.3, -0.25) is 9.78 Å². The molecule has 1 rings (SSSR count). The first-order chi connectivity index (χ1) is 10.2. The SMILES string of the molecule is N[C@@H](CC(=O)O)c1cccnc1.O=C(O)C(O)C(O)C(=O)O. The van der Waals surface area contributed by atoms with E-state index in [1.54, 1.807) is 24.5 Å². The van der Waals surface area contributed by atoms with Gasteiger partial charge in [-0.1, -0.05) is 6.07 Å². The van der Waals surface area contributed by atoms with Crippen LogP contribution in [-0.4, -0.2) is 60.6 Å². The van der Waals surface area contributed by atoms with E-state index in [0.717, 1.165) is 5.56 Å². The lowest BCUT2D eigenvalue weighted by Gasteiger charge is -2.07. The monoisotopic (exact) mass is 316 g/mol. The predicted octanol–water partition coefficient (Wildman–Crippen LogP) is -1.57. The summed E-state index contributed by atoms with van der Waals surface area (Å²) in [5.74, 6) is -4.43. The number of hydrogen-bond acceptors (Lipinski definition) is 7. The molecule has 0 aliphatic carbocycles. The molecule has 0 aliphatic heterocycles. The second kappa shape index (κ2) is 9.39. The molecule has 0 radical (unpaired) electrons. The summed E-state index contributed by atoms with van der Waals surface area (Å²) in [4.78, 5) is 33.7. The van der Waals surface area contributed by atoms with Crippen LogP contribution in [0.15, 0.2) is 24.5 Å². The molecule has 0 aliphatic rings. The number of rotatable bonds is 6. The highest BCUT2D eigenvalue weighted by molar-refractivity contribution is 5.83. The van der Waals surface area contributed by atoms with Gasteiger partial charge in [0.1, 0.15) is 0 Å². The first-order valence-corrected chi connectivity index (χ1v) is 5.85. The van der Waals surface area contributed by atoms with Crippen molar-refractivity contribution in [2.45, 2.75) is 24.7 Å². The summed E-state index contributed by atoms with van der Waals surface area (Å²) < 4.78 is 0. The summed E-state index contributed by atoms with van der Waals surface area (Å²) in [7, 11) is 0. The third-order valence-electron chi connectivity index (χ3n) is 2.31. The molecule has 0 spiro atoms. The van der Waals surface area contributed by atoms with Crippen molar-refractivity contribution in [2.24, 2.45) is 5.73 Å². The number of aliphatic hydroxyl groups excluding tert-OH is 2. The number of nitrogens with two attached hydrogens (primary N) is 1. The zero-order valence-corrected chi connectivity index (χ0v) is 11.2. The smallest absolute Gasteiger partial charge is 0.335 e. The Balaban J connectivity index is 0.000000409. The van der Waals surface area contributed by atoms with Crippen molar-refractivity contribution in [3.05, 3.63) is 30.1 Å². The van der Waals surface area contributed by atoms with Gasteiger partial charge in [0, 0.05) is 18.4 Å². The number of aliphatic hydroxyl groups is 2. The molecule has 7 N–H and O–H groups in total. The van der Waals surface area contributed by atoms with Crippen LogP contribution < -0.4 is 5.73 Å². The second-order valence-electron chi connectivity index (χ2n) is 4.06. The number of aliphatic carboxylic acids is 3. The Morgan fingerprint density at radius 3 is 1.91 bits per heavy atom. The molecule has 0 fully saturated rings. The molecule has 22 heavy (non-hydrogen) atoms. The van der Waals surface area contributed by atoms with E-state index in [2.05, 4.69) is 4.98 Å². The van der Waals surface area contributed by atoms with Gasteiger partial charge in [-0.2, -0.15) is 0 Å². The van der Waals surface area contributed by atoms with Gasteiger partial charge in [0.05, 0.1) is 6.42 Å². The van der Waals surface area contributed by atoms with Gasteiger partial charge in [-0.05, 0) is 11.6 Å². The highest BCUT2D eigenvalue weighted by atomic mass is 16.4. The van der Waals surface area contributed by atoms with Crippen LogP contribution in [0.4, 0.5) is 0 Å². The average molecular weight is 316 g/mol. The molecular formula is C12H16N2O8. The largest absolute Gasteiger partial charge is 0.481 e.